The molecule has 0 saturated heterocycles. The van der Waals surface area contributed by atoms with Crippen LogP contribution in [-0.2, 0) is 0 Å². The van der Waals surface area contributed by atoms with E-state index < -0.39 is 0 Å². The zero-order valence-corrected chi connectivity index (χ0v) is 13.6. The summed E-state index contributed by atoms with van der Waals surface area (Å²) in [6.07, 6.45) is 0. The van der Waals surface area contributed by atoms with E-state index >= 15 is 0 Å². The minimum atomic E-state index is -0.161. The molecule has 2 aromatic carbocycles. The second-order valence-corrected chi connectivity index (χ2v) is 6.26. The molecule has 4 heteroatoms. The first kappa shape index (κ1) is 14.8. The number of hydrogen-bond donors (Lipinski definition) is 0. The van der Waals surface area contributed by atoms with Gasteiger partial charge in [0.2, 0.25) is 0 Å². The van der Waals surface area contributed by atoms with Crippen molar-refractivity contribution in [1.29, 1.82) is 0 Å². The molecule has 2 aromatic rings. The summed E-state index contributed by atoms with van der Waals surface area (Å²) >= 11 is 15.7. The van der Waals surface area contributed by atoms with Gasteiger partial charge in [-0.25, -0.2) is 4.39 Å². The van der Waals surface area contributed by atoms with Crippen LogP contribution in [0, 0.1) is 19.7 Å². The molecule has 0 saturated carbocycles. The lowest BCUT2D eigenvalue weighted by Gasteiger charge is -2.15. The van der Waals surface area contributed by atoms with Gasteiger partial charge in [0.15, 0.2) is 0 Å². The van der Waals surface area contributed by atoms with Crippen molar-refractivity contribution in [3.8, 4) is 0 Å². The van der Waals surface area contributed by atoms with Gasteiger partial charge in [-0.15, -0.1) is 0 Å². The highest BCUT2D eigenvalue weighted by molar-refractivity contribution is 9.09. The van der Waals surface area contributed by atoms with Crippen molar-refractivity contribution in [2.24, 2.45) is 0 Å². The van der Waals surface area contributed by atoms with E-state index in [4.69, 9.17) is 23.2 Å². The summed E-state index contributed by atoms with van der Waals surface area (Å²) in [4.78, 5) is -0.0877. The summed E-state index contributed by atoms with van der Waals surface area (Å²) in [6.45, 7) is 3.52. The third kappa shape index (κ3) is 3.13. The normalized spacial score (nSPS) is 12.5. The third-order valence-electron chi connectivity index (χ3n) is 2.99. The van der Waals surface area contributed by atoms with Crippen molar-refractivity contribution in [1.82, 2.24) is 0 Å². The van der Waals surface area contributed by atoms with Crippen LogP contribution in [0.25, 0.3) is 0 Å². The van der Waals surface area contributed by atoms with Gasteiger partial charge in [0.25, 0.3) is 0 Å². The molecule has 1 atom stereocenters. The van der Waals surface area contributed by atoms with Crippen LogP contribution in [0.15, 0.2) is 30.3 Å². The Morgan fingerprint density at radius 3 is 2.16 bits per heavy atom. The molecule has 0 aliphatic carbocycles. The minimum Gasteiger partial charge on any atom is -0.206 e. The maximum atomic E-state index is 13.6. The molecule has 0 spiro atoms. The average Bonchev–Trinajstić information content (AvgIpc) is 2.34. The van der Waals surface area contributed by atoms with Gasteiger partial charge in [-0.05, 0) is 48.2 Å². The molecule has 0 heterocycles. The van der Waals surface area contributed by atoms with Crippen molar-refractivity contribution < 1.29 is 4.39 Å². The van der Waals surface area contributed by atoms with Gasteiger partial charge in [-0.1, -0.05) is 57.3 Å². The molecule has 0 fully saturated rings. The average molecular weight is 362 g/mol. The van der Waals surface area contributed by atoms with Crippen LogP contribution in [0.3, 0.4) is 0 Å². The van der Waals surface area contributed by atoms with Crippen LogP contribution in [-0.4, -0.2) is 0 Å². The fourth-order valence-electron chi connectivity index (χ4n) is 2.01. The molecule has 0 amide bonds. The monoisotopic (exact) mass is 360 g/mol. The van der Waals surface area contributed by atoms with Crippen LogP contribution in [0.5, 0.6) is 0 Å². The Morgan fingerprint density at radius 2 is 1.63 bits per heavy atom. The lowest BCUT2D eigenvalue weighted by Crippen LogP contribution is -1.98. The van der Waals surface area contributed by atoms with Crippen LogP contribution in [0.2, 0.25) is 10.0 Å². The van der Waals surface area contributed by atoms with E-state index in [0.717, 1.165) is 11.1 Å². The second kappa shape index (κ2) is 5.82. The maximum absolute atomic E-state index is 13.6. The van der Waals surface area contributed by atoms with E-state index in [0.29, 0.717) is 21.2 Å². The Hall–Kier alpha value is -0.570. The first-order valence-electron chi connectivity index (χ1n) is 5.76. The quantitative estimate of drug-likeness (QED) is 0.556. The van der Waals surface area contributed by atoms with E-state index in [-0.39, 0.29) is 10.6 Å². The molecule has 19 heavy (non-hydrogen) atoms. The smallest absolute Gasteiger partial charge is 0.129 e. The SMILES string of the molecule is Cc1cc(C(Br)c2ccc(Cl)cc2Cl)cc(C)c1F. The minimum absolute atomic E-state index is 0.0877. The van der Waals surface area contributed by atoms with Crippen LogP contribution in [0.4, 0.5) is 4.39 Å². The van der Waals surface area contributed by atoms with Gasteiger partial charge < -0.3 is 0 Å². The first-order chi connectivity index (χ1) is 8.90. The van der Waals surface area contributed by atoms with Crippen LogP contribution >= 0.6 is 39.1 Å². The Bertz CT molecular complexity index is 603. The van der Waals surface area contributed by atoms with E-state index in [2.05, 4.69) is 15.9 Å². The Labute approximate surface area is 130 Å². The summed E-state index contributed by atoms with van der Waals surface area (Å²) in [5.41, 5.74) is 3.14. The number of benzene rings is 2. The van der Waals surface area contributed by atoms with Gasteiger partial charge >= 0.3 is 0 Å². The molecule has 0 nitrogen and oxygen atoms in total. The van der Waals surface area contributed by atoms with Crippen molar-refractivity contribution in [2.45, 2.75) is 18.7 Å². The molecule has 0 aromatic heterocycles. The van der Waals surface area contributed by atoms with Crippen LogP contribution in [0.1, 0.15) is 27.1 Å². The van der Waals surface area contributed by atoms with Gasteiger partial charge in [-0.3, -0.25) is 0 Å². The summed E-state index contributed by atoms with van der Waals surface area (Å²) in [6, 6.07) is 9.02. The maximum Gasteiger partial charge on any atom is 0.129 e. The number of hydrogen-bond acceptors (Lipinski definition) is 0. The molecular formula is C15H12BrCl2F. The summed E-state index contributed by atoms with van der Waals surface area (Å²) in [5, 5.41) is 1.19. The number of halogens is 4. The molecule has 100 valence electrons. The highest BCUT2D eigenvalue weighted by atomic mass is 79.9. The molecule has 0 aliphatic rings. The van der Waals surface area contributed by atoms with Gasteiger partial charge in [-0.2, -0.15) is 0 Å². The van der Waals surface area contributed by atoms with Gasteiger partial charge in [0.05, 0.1) is 4.83 Å². The molecule has 2 rings (SSSR count). The zero-order valence-electron chi connectivity index (χ0n) is 10.5. The fourth-order valence-corrected chi connectivity index (χ4v) is 3.33. The number of aryl methyl sites for hydroxylation is 2. The van der Waals surface area contributed by atoms with Crippen molar-refractivity contribution in [3.63, 3.8) is 0 Å². The molecule has 0 radical (unpaired) electrons. The Kier molecular flexibility index (Phi) is 4.54. The third-order valence-corrected chi connectivity index (χ3v) is 4.57. The summed E-state index contributed by atoms with van der Waals surface area (Å²) < 4.78 is 13.6. The lowest BCUT2D eigenvalue weighted by molar-refractivity contribution is 0.608. The van der Waals surface area contributed by atoms with E-state index in [9.17, 15) is 4.39 Å². The van der Waals surface area contributed by atoms with Crippen LogP contribution < -0.4 is 0 Å². The predicted octanol–water partition coefficient (Wildman–Crippen LogP) is 6.23. The standard InChI is InChI=1S/C15H12BrCl2F/c1-8-5-10(6-9(2)15(8)19)14(16)12-4-3-11(17)7-13(12)18/h3-7,14H,1-2H3. The van der Waals surface area contributed by atoms with E-state index in [1.807, 2.05) is 18.2 Å². The highest BCUT2D eigenvalue weighted by Gasteiger charge is 2.16. The Balaban J connectivity index is 2.47. The lowest BCUT2D eigenvalue weighted by atomic mass is 10.00. The molecule has 1 unspecified atom stereocenters. The first-order valence-corrected chi connectivity index (χ1v) is 7.43. The number of rotatable bonds is 2. The summed E-state index contributed by atoms with van der Waals surface area (Å²) in [5.74, 6) is -0.161. The highest BCUT2D eigenvalue weighted by Crippen LogP contribution is 2.37. The van der Waals surface area contributed by atoms with Gasteiger partial charge in [0, 0.05) is 10.0 Å². The second-order valence-electron chi connectivity index (χ2n) is 4.50. The fraction of sp³-hybridized carbons (Fsp3) is 0.200. The van der Waals surface area contributed by atoms with Crippen molar-refractivity contribution >= 4 is 39.1 Å². The largest absolute Gasteiger partial charge is 0.206 e. The zero-order chi connectivity index (χ0) is 14.2. The Morgan fingerprint density at radius 1 is 1.05 bits per heavy atom. The topological polar surface area (TPSA) is 0 Å². The molecule has 0 bridgehead atoms. The predicted molar refractivity (Wildman–Crippen MR) is 83.1 cm³/mol. The van der Waals surface area contributed by atoms with Crippen molar-refractivity contribution in [2.75, 3.05) is 0 Å². The van der Waals surface area contributed by atoms with E-state index in [1.54, 1.807) is 26.0 Å². The van der Waals surface area contributed by atoms with Crippen molar-refractivity contribution in [3.05, 3.63) is 68.4 Å². The summed E-state index contributed by atoms with van der Waals surface area (Å²) in [7, 11) is 0. The molecular weight excluding hydrogens is 350 g/mol. The van der Waals surface area contributed by atoms with Gasteiger partial charge in [0.1, 0.15) is 5.82 Å². The van der Waals surface area contributed by atoms with E-state index in [1.165, 1.54) is 0 Å². The molecule has 0 N–H and O–H groups in total. The number of alkyl halides is 1. The molecule has 0 aliphatic heterocycles.